The van der Waals surface area contributed by atoms with E-state index >= 15 is 0 Å². The molecule has 30 heavy (non-hydrogen) atoms. The summed E-state index contributed by atoms with van der Waals surface area (Å²) >= 11 is 7.87. The van der Waals surface area contributed by atoms with E-state index < -0.39 is 0 Å². The van der Waals surface area contributed by atoms with Crippen molar-refractivity contribution in [2.24, 2.45) is 0 Å². The summed E-state index contributed by atoms with van der Waals surface area (Å²) in [5.41, 5.74) is 4.12. The van der Waals surface area contributed by atoms with Gasteiger partial charge in [0.2, 0.25) is 5.95 Å². The molecule has 0 radical (unpaired) electrons. The van der Waals surface area contributed by atoms with Crippen LogP contribution in [0.2, 0.25) is 5.02 Å². The van der Waals surface area contributed by atoms with Gasteiger partial charge in [-0.05, 0) is 38.2 Å². The Hall–Kier alpha value is -2.12. The number of anilines is 1. The molecule has 1 aliphatic rings. The number of rotatable bonds is 5. The smallest absolute Gasteiger partial charge is 0.225 e. The zero-order valence-corrected chi connectivity index (χ0v) is 18.9. The van der Waals surface area contributed by atoms with Gasteiger partial charge >= 0.3 is 0 Å². The predicted octanol–water partition coefficient (Wildman–Crippen LogP) is 5.10. The topological polar surface area (TPSA) is 35.5 Å². The lowest BCUT2D eigenvalue weighted by molar-refractivity contribution is 0.480. The fourth-order valence-corrected chi connectivity index (χ4v) is 4.55. The standard InChI is InChI=1S/C23H26ClN5S/c1-27(2)30-29-14-6-13-28(15-16-29)23-25-17-21(18-9-11-20(24)12-10-18)22(26-23)19-7-4-3-5-8-19/h3-5,7-12,17H,6,13-16H2,1-2H3. The van der Waals surface area contributed by atoms with Gasteiger partial charge in [0.25, 0.3) is 0 Å². The molecule has 0 atom stereocenters. The summed E-state index contributed by atoms with van der Waals surface area (Å²) < 4.78 is 4.54. The lowest BCUT2D eigenvalue weighted by Crippen LogP contribution is -2.30. The molecule has 2 heterocycles. The molecule has 0 aliphatic carbocycles. The molecule has 0 spiro atoms. The van der Waals surface area contributed by atoms with E-state index in [2.05, 4.69) is 39.7 Å². The molecule has 0 unspecified atom stereocenters. The third-order valence-corrected chi connectivity index (χ3v) is 6.17. The van der Waals surface area contributed by atoms with E-state index in [1.54, 1.807) is 12.1 Å². The molecule has 0 bridgehead atoms. The highest BCUT2D eigenvalue weighted by Crippen LogP contribution is 2.32. The van der Waals surface area contributed by atoms with E-state index in [0.29, 0.717) is 0 Å². The average Bonchev–Trinajstić information content (AvgIpc) is 3.00. The Morgan fingerprint density at radius 1 is 0.900 bits per heavy atom. The Morgan fingerprint density at radius 3 is 2.40 bits per heavy atom. The zero-order chi connectivity index (χ0) is 20.9. The maximum Gasteiger partial charge on any atom is 0.225 e. The summed E-state index contributed by atoms with van der Waals surface area (Å²) in [6.45, 7) is 3.91. The first-order valence-corrected chi connectivity index (χ1v) is 11.2. The Balaban J connectivity index is 1.66. The van der Waals surface area contributed by atoms with Gasteiger partial charge in [0, 0.05) is 60.7 Å². The molecule has 0 N–H and O–H groups in total. The fraction of sp³-hybridized carbons (Fsp3) is 0.304. The molecule has 156 valence electrons. The minimum atomic E-state index is 0.724. The van der Waals surface area contributed by atoms with Crippen LogP contribution in [0.25, 0.3) is 22.4 Å². The maximum absolute atomic E-state index is 6.09. The lowest BCUT2D eigenvalue weighted by atomic mass is 10.0. The second-order valence-electron chi connectivity index (χ2n) is 7.47. The van der Waals surface area contributed by atoms with Crippen molar-refractivity contribution in [2.75, 3.05) is 45.2 Å². The van der Waals surface area contributed by atoms with Crippen molar-refractivity contribution in [2.45, 2.75) is 6.42 Å². The first-order chi connectivity index (χ1) is 14.6. The van der Waals surface area contributed by atoms with Gasteiger partial charge in [-0.3, -0.25) is 0 Å². The quantitative estimate of drug-likeness (QED) is 0.514. The fourth-order valence-electron chi connectivity index (χ4n) is 3.59. The number of nitrogens with zero attached hydrogens (tertiary/aromatic N) is 5. The molecule has 1 saturated heterocycles. The highest BCUT2D eigenvalue weighted by atomic mass is 35.5. The number of halogens is 1. The number of aromatic nitrogens is 2. The lowest BCUT2D eigenvalue weighted by Gasteiger charge is -2.23. The summed E-state index contributed by atoms with van der Waals surface area (Å²) in [7, 11) is 4.16. The van der Waals surface area contributed by atoms with Crippen molar-refractivity contribution >= 4 is 29.7 Å². The van der Waals surface area contributed by atoms with E-state index in [-0.39, 0.29) is 0 Å². The molecule has 3 aromatic rings. The van der Waals surface area contributed by atoms with Crippen LogP contribution >= 0.6 is 23.7 Å². The van der Waals surface area contributed by atoms with Crippen molar-refractivity contribution in [3.63, 3.8) is 0 Å². The van der Waals surface area contributed by atoms with Crippen molar-refractivity contribution in [3.05, 3.63) is 65.8 Å². The van der Waals surface area contributed by atoms with E-state index in [4.69, 9.17) is 21.6 Å². The monoisotopic (exact) mass is 439 g/mol. The van der Waals surface area contributed by atoms with Gasteiger partial charge in [0.05, 0.1) is 5.69 Å². The molecule has 2 aromatic carbocycles. The molecule has 7 heteroatoms. The van der Waals surface area contributed by atoms with Crippen LogP contribution in [0.1, 0.15) is 6.42 Å². The van der Waals surface area contributed by atoms with Crippen molar-refractivity contribution in [1.82, 2.24) is 18.6 Å². The minimum Gasteiger partial charge on any atom is -0.339 e. The van der Waals surface area contributed by atoms with Gasteiger partial charge in [0.1, 0.15) is 0 Å². The van der Waals surface area contributed by atoms with Gasteiger partial charge in [-0.25, -0.2) is 18.6 Å². The number of hydrogen-bond acceptors (Lipinski definition) is 6. The predicted molar refractivity (Wildman–Crippen MR) is 128 cm³/mol. The first kappa shape index (κ1) is 21.1. The Morgan fingerprint density at radius 2 is 1.67 bits per heavy atom. The van der Waals surface area contributed by atoms with Crippen molar-refractivity contribution in [3.8, 4) is 22.4 Å². The van der Waals surface area contributed by atoms with Crippen molar-refractivity contribution in [1.29, 1.82) is 0 Å². The molecule has 5 nitrogen and oxygen atoms in total. The molecule has 0 amide bonds. The minimum absolute atomic E-state index is 0.724. The van der Waals surface area contributed by atoms with Gasteiger partial charge < -0.3 is 4.90 Å². The van der Waals surface area contributed by atoms with E-state index in [0.717, 1.165) is 66.0 Å². The zero-order valence-electron chi connectivity index (χ0n) is 17.3. The molecule has 0 saturated carbocycles. The van der Waals surface area contributed by atoms with Crippen LogP contribution in [-0.4, -0.2) is 58.9 Å². The summed E-state index contributed by atoms with van der Waals surface area (Å²) in [6, 6.07) is 18.2. The highest BCUT2D eigenvalue weighted by Gasteiger charge is 2.20. The third-order valence-electron chi connectivity index (χ3n) is 4.99. The Labute approximate surface area is 188 Å². The van der Waals surface area contributed by atoms with Crippen molar-refractivity contribution < 1.29 is 0 Å². The average molecular weight is 440 g/mol. The summed E-state index contributed by atoms with van der Waals surface area (Å²) in [4.78, 5) is 12.1. The maximum atomic E-state index is 6.09. The van der Waals surface area contributed by atoms with Crippen LogP contribution in [-0.2, 0) is 0 Å². The van der Waals surface area contributed by atoms with Crippen LogP contribution in [0.4, 0.5) is 5.95 Å². The normalized spacial score (nSPS) is 15.4. The Bertz CT molecular complexity index is 965. The van der Waals surface area contributed by atoms with E-state index in [1.165, 1.54) is 0 Å². The van der Waals surface area contributed by atoms with Gasteiger partial charge in [0.15, 0.2) is 0 Å². The molecular formula is C23H26ClN5S. The molecular weight excluding hydrogens is 414 g/mol. The SMILES string of the molecule is CN(C)SN1CCCN(c2ncc(-c3ccc(Cl)cc3)c(-c3ccccc3)n2)CC1. The van der Waals surface area contributed by atoms with Gasteiger partial charge in [-0.2, -0.15) is 0 Å². The van der Waals surface area contributed by atoms with Crippen LogP contribution in [0.5, 0.6) is 0 Å². The van der Waals surface area contributed by atoms with Crippen LogP contribution in [0.15, 0.2) is 60.8 Å². The van der Waals surface area contributed by atoms with Gasteiger partial charge in [-0.1, -0.05) is 54.1 Å². The first-order valence-electron chi connectivity index (χ1n) is 10.1. The van der Waals surface area contributed by atoms with Gasteiger partial charge in [-0.15, -0.1) is 0 Å². The van der Waals surface area contributed by atoms with E-state index in [9.17, 15) is 0 Å². The summed E-state index contributed by atoms with van der Waals surface area (Å²) in [5, 5.41) is 0.724. The van der Waals surface area contributed by atoms with E-state index in [1.807, 2.05) is 48.7 Å². The Kier molecular flexibility index (Phi) is 6.89. The largest absolute Gasteiger partial charge is 0.339 e. The number of benzene rings is 2. The molecule has 1 aliphatic heterocycles. The van der Waals surface area contributed by atoms with Crippen LogP contribution in [0, 0.1) is 0 Å². The second kappa shape index (κ2) is 9.79. The molecule has 4 rings (SSSR count). The van der Waals surface area contributed by atoms with Crippen LogP contribution < -0.4 is 4.90 Å². The summed E-state index contributed by atoms with van der Waals surface area (Å²) in [5.74, 6) is 0.795. The van der Waals surface area contributed by atoms with Crippen LogP contribution in [0.3, 0.4) is 0 Å². The highest BCUT2D eigenvalue weighted by molar-refractivity contribution is 7.94. The third kappa shape index (κ3) is 5.13. The molecule has 1 fully saturated rings. The second-order valence-corrected chi connectivity index (χ2v) is 9.32. The summed E-state index contributed by atoms with van der Waals surface area (Å²) in [6.07, 6.45) is 3.04. The number of hydrogen-bond donors (Lipinski definition) is 0. The molecule has 1 aromatic heterocycles.